The van der Waals surface area contributed by atoms with Gasteiger partial charge in [-0.2, -0.15) is 0 Å². The number of hydrogen-bond acceptors (Lipinski definition) is 11. The highest BCUT2D eigenvalue weighted by Crippen LogP contribution is 2.39. The van der Waals surface area contributed by atoms with Crippen LogP contribution < -0.4 is 10.1 Å². The summed E-state index contributed by atoms with van der Waals surface area (Å²) in [5, 5.41) is 2.60. The molecular weight excluding hydrogens is 550 g/mol. The van der Waals surface area contributed by atoms with Crippen molar-refractivity contribution in [3.05, 3.63) is 53.6 Å². The Bertz CT molecular complexity index is 1360. The summed E-state index contributed by atoms with van der Waals surface area (Å²) in [7, 11) is 1.56. The maximum Gasteiger partial charge on any atom is 0.303 e. The van der Waals surface area contributed by atoms with Gasteiger partial charge in [0.2, 0.25) is 11.9 Å². The molecule has 0 bridgehead atoms. The topological polar surface area (TPSA) is 153 Å². The minimum Gasteiger partial charge on any atom is -0.463 e. The van der Waals surface area contributed by atoms with Crippen LogP contribution in [0.25, 0.3) is 11.1 Å². The van der Waals surface area contributed by atoms with Gasteiger partial charge in [-0.3, -0.25) is 24.0 Å². The first-order valence-corrected chi connectivity index (χ1v) is 13.2. The number of benzene rings is 2. The van der Waals surface area contributed by atoms with Gasteiger partial charge in [-0.25, -0.2) is 0 Å². The van der Waals surface area contributed by atoms with Crippen molar-refractivity contribution in [3.8, 4) is 16.9 Å². The summed E-state index contributed by atoms with van der Waals surface area (Å²) in [6.45, 7) is 7.49. The number of hydrogen-bond donors (Lipinski definition) is 1. The standard InChI is InChI=1S/C30H35NO11/c1-16-13-22(21-9-8-10-23(14-21)28(36)31-7)11-12-24(16)40-29-30(6,42-20(5)35)27(39-19(4)34)26(38-18(3)33)25(41-29)15-37-17(2)32/h8-14,25-27,29H,15H2,1-7H3,(H,31,36)/t25-,26-,27+,29+,30+/m1/s1. The van der Waals surface area contributed by atoms with E-state index in [1.54, 1.807) is 44.3 Å². The summed E-state index contributed by atoms with van der Waals surface area (Å²) < 4.78 is 34.1. The minimum atomic E-state index is -1.81. The summed E-state index contributed by atoms with van der Waals surface area (Å²) >= 11 is 0. The fourth-order valence-corrected chi connectivity index (χ4v) is 4.67. The second-order valence-corrected chi connectivity index (χ2v) is 9.95. The molecule has 42 heavy (non-hydrogen) atoms. The second kappa shape index (κ2) is 13.5. The van der Waals surface area contributed by atoms with Crippen molar-refractivity contribution in [3.63, 3.8) is 0 Å². The van der Waals surface area contributed by atoms with Gasteiger partial charge in [-0.15, -0.1) is 0 Å². The van der Waals surface area contributed by atoms with E-state index in [1.807, 2.05) is 12.1 Å². The Kier molecular flexibility index (Phi) is 10.3. The normalized spacial score (nSPS) is 23.2. The van der Waals surface area contributed by atoms with Crippen LogP contribution in [0.1, 0.15) is 50.5 Å². The van der Waals surface area contributed by atoms with Crippen LogP contribution in [0.3, 0.4) is 0 Å². The van der Waals surface area contributed by atoms with Gasteiger partial charge in [0.15, 0.2) is 12.2 Å². The zero-order chi connectivity index (χ0) is 31.2. The van der Waals surface area contributed by atoms with E-state index in [2.05, 4.69) is 5.32 Å². The predicted octanol–water partition coefficient (Wildman–Crippen LogP) is 2.87. The molecule has 1 heterocycles. The molecule has 2 aromatic rings. The zero-order valence-corrected chi connectivity index (χ0v) is 24.5. The Labute approximate surface area is 243 Å². The molecule has 226 valence electrons. The molecule has 12 heteroatoms. The van der Waals surface area contributed by atoms with E-state index in [9.17, 15) is 24.0 Å². The third-order valence-corrected chi connectivity index (χ3v) is 6.50. The van der Waals surface area contributed by atoms with Crippen LogP contribution >= 0.6 is 0 Å². The van der Waals surface area contributed by atoms with Crippen LogP contribution in [0.2, 0.25) is 0 Å². The molecular formula is C30H35NO11. The Morgan fingerprint density at radius 1 is 0.881 bits per heavy atom. The van der Waals surface area contributed by atoms with Gasteiger partial charge in [0.25, 0.3) is 5.91 Å². The van der Waals surface area contributed by atoms with E-state index in [-0.39, 0.29) is 12.5 Å². The van der Waals surface area contributed by atoms with E-state index in [1.165, 1.54) is 13.8 Å². The molecule has 0 aromatic heterocycles. The summed E-state index contributed by atoms with van der Waals surface area (Å²) in [5.74, 6) is -2.72. The number of ether oxygens (including phenoxy) is 6. The van der Waals surface area contributed by atoms with E-state index in [0.717, 1.165) is 31.9 Å². The summed E-state index contributed by atoms with van der Waals surface area (Å²) in [5.41, 5.74) is 0.952. The van der Waals surface area contributed by atoms with Crippen LogP contribution in [-0.2, 0) is 42.9 Å². The van der Waals surface area contributed by atoms with Gasteiger partial charge >= 0.3 is 23.9 Å². The van der Waals surface area contributed by atoms with E-state index in [4.69, 9.17) is 28.4 Å². The van der Waals surface area contributed by atoms with Crippen molar-refractivity contribution < 1.29 is 52.4 Å². The third-order valence-electron chi connectivity index (χ3n) is 6.50. The fraction of sp³-hybridized carbons (Fsp3) is 0.433. The molecule has 3 rings (SSSR count). The number of rotatable bonds is 9. The molecule has 5 atom stereocenters. The second-order valence-electron chi connectivity index (χ2n) is 9.95. The molecule has 1 saturated heterocycles. The van der Waals surface area contributed by atoms with Crippen LogP contribution in [0.5, 0.6) is 5.75 Å². The lowest BCUT2D eigenvalue weighted by molar-refractivity contribution is -0.321. The highest BCUT2D eigenvalue weighted by Gasteiger charge is 2.61. The molecule has 12 nitrogen and oxygen atoms in total. The molecule has 0 unspecified atom stereocenters. The molecule has 1 amide bonds. The van der Waals surface area contributed by atoms with Crippen molar-refractivity contribution >= 4 is 29.8 Å². The number of amides is 1. The molecule has 0 spiro atoms. The van der Waals surface area contributed by atoms with Crippen molar-refractivity contribution in [1.29, 1.82) is 0 Å². The van der Waals surface area contributed by atoms with Crippen LogP contribution in [-0.4, -0.2) is 73.6 Å². The molecule has 1 N–H and O–H groups in total. The average molecular weight is 586 g/mol. The van der Waals surface area contributed by atoms with Gasteiger partial charge in [0.05, 0.1) is 0 Å². The maximum atomic E-state index is 12.3. The summed E-state index contributed by atoms with van der Waals surface area (Å²) in [4.78, 5) is 60.1. The highest BCUT2D eigenvalue weighted by atomic mass is 16.7. The number of nitrogens with one attached hydrogen (secondary N) is 1. The van der Waals surface area contributed by atoms with Crippen molar-refractivity contribution in [2.45, 2.75) is 71.7 Å². The number of carbonyl (C=O) groups is 5. The number of carbonyl (C=O) groups excluding carboxylic acids is 5. The van der Waals surface area contributed by atoms with Crippen LogP contribution in [0.4, 0.5) is 0 Å². The molecule has 0 aliphatic carbocycles. The molecule has 1 aliphatic heterocycles. The molecule has 0 radical (unpaired) electrons. The van der Waals surface area contributed by atoms with Crippen LogP contribution in [0.15, 0.2) is 42.5 Å². The Hall–Kier alpha value is -4.45. The van der Waals surface area contributed by atoms with Gasteiger partial charge in [-0.05, 0) is 54.8 Å². The average Bonchev–Trinajstić information content (AvgIpc) is 2.91. The SMILES string of the molecule is CNC(=O)c1cccc(-c2ccc(O[C@H]3O[C@H](COC(C)=O)[C@@H](OC(C)=O)[C@H](OC(C)=O)[C@]3(C)OC(C)=O)c(C)c2)c1. The summed E-state index contributed by atoms with van der Waals surface area (Å²) in [6.07, 6.45) is -5.26. The summed E-state index contributed by atoms with van der Waals surface area (Å²) in [6, 6.07) is 12.4. The quantitative estimate of drug-likeness (QED) is 0.341. The van der Waals surface area contributed by atoms with Crippen molar-refractivity contribution in [1.82, 2.24) is 5.32 Å². The first kappa shape index (κ1) is 32.1. The van der Waals surface area contributed by atoms with E-state index >= 15 is 0 Å². The van der Waals surface area contributed by atoms with E-state index < -0.39 is 54.1 Å². The maximum absolute atomic E-state index is 12.3. The smallest absolute Gasteiger partial charge is 0.303 e. The van der Waals surface area contributed by atoms with Crippen LogP contribution in [0, 0.1) is 6.92 Å². The van der Waals surface area contributed by atoms with Gasteiger partial charge in [-0.1, -0.05) is 18.2 Å². The number of aryl methyl sites for hydroxylation is 1. The Balaban J connectivity index is 2.03. The Morgan fingerprint density at radius 2 is 1.55 bits per heavy atom. The molecule has 2 aromatic carbocycles. The first-order chi connectivity index (χ1) is 19.7. The predicted molar refractivity (Wildman–Crippen MR) is 147 cm³/mol. The third kappa shape index (κ3) is 7.64. The van der Waals surface area contributed by atoms with E-state index in [0.29, 0.717) is 16.9 Å². The van der Waals surface area contributed by atoms with Gasteiger partial charge in [0.1, 0.15) is 18.5 Å². The lowest BCUT2D eigenvalue weighted by Gasteiger charge is -2.49. The Morgan fingerprint density at radius 3 is 2.12 bits per heavy atom. The molecule has 0 saturated carbocycles. The monoisotopic (exact) mass is 585 g/mol. The van der Waals surface area contributed by atoms with Crippen molar-refractivity contribution in [2.24, 2.45) is 0 Å². The lowest BCUT2D eigenvalue weighted by Crippen LogP contribution is -2.70. The highest BCUT2D eigenvalue weighted by molar-refractivity contribution is 5.95. The van der Waals surface area contributed by atoms with Crippen molar-refractivity contribution in [2.75, 3.05) is 13.7 Å². The lowest BCUT2D eigenvalue weighted by atomic mass is 9.87. The van der Waals surface area contributed by atoms with Gasteiger partial charge in [0, 0.05) is 40.3 Å². The molecule has 1 aliphatic rings. The first-order valence-electron chi connectivity index (χ1n) is 13.2. The number of esters is 4. The minimum absolute atomic E-state index is 0.217. The largest absolute Gasteiger partial charge is 0.463 e. The molecule has 1 fully saturated rings. The fourth-order valence-electron chi connectivity index (χ4n) is 4.67. The zero-order valence-electron chi connectivity index (χ0n) is 24.5. The van der Waals surface area contributed by atoms with Gasteiger partial charge < -0.3 is 33.7 Å².